The number of rotatable bonds is 3. The fourth-order valence-electron chi connectivity index (χ4n) is 1.89. The first-order chi connectivity index (χ1) is 10.2. The topological polar surface area (TPSA) is 85.2 Å². The van der Waals surface area contributed by atoms with Crippen LogP contribution in [0.4, 0.5) is 0 Å². The lowest BCUT2D eigenvalue weighted by molar-refractivity contribution is 0.0524. The van der Waals surface area contributed by atoms with Crippen molar-refractivity contribution in [2.45, 2.75) is 13.3 Å². The van der Waals surface area contributed by atoms with Gasteiger partial charge in [0.15, 0.2) is 0 Å². The van der Waals surface area contributed by atoms with Crippen molar-refractivity contribution in [1.29, 1.82) is 0 Å². The van der Waals surface area contributed by atoms with Gasteiger partial charge in [-0.15, -0.1) is 0 Å². The standard InChI is InChI=1S/C16H16N2O3/c1-2-21-16(20)13-10-18-14-7-6-11(5-3-4-8-17)9-12(14)15(13)19/h6-7,9-10H,2,4,8,17H2,1H3,(H,18,19). The molecule has 0 radical (unpaired) electrons. The number of nitrogens with two attached hydrogens (primary N) is 1. The summed E-state index contributed by atoms with van der Waals surface area (Å²) in [5.41, 5.74) is 6.38. The second-order valence-corrected chi connectivity index (χ2v) is 4.35. The molecule has 0 spiro atoms. The van der Waals surface area contributed by atoms with E-state index in [4.69, 9.17) is 10.5 Å². The van der Waals surface area contributed by atoms with Crippen LogP contribution in [0.1, 0.15) is 29.3 Å². The van der Waals surface area contributed by atoms with Gasteiger partial charge in [-0.2, -0.15) is 0 Å². The maximum Gasteiger partial charge on any atom is 0.343 e. The van der Waals surface area contributed by atoms with Gasteiger partial charge in [-0.05, 0) is 25.1 Å². The Hall–Kier alpha value is -2.58. The number of carbonyl (C=O) groups excluding carboxylic acids is 1. The lowest BCUT2D eigenvalue weighted by Crippen LogP contribution is -2.18. The predicted molar refractivity (Wildman–Crippen MR) is 81.1 cm³/mol. The molecule has 3 N–H and O–H groups in total. The molecular formula is C16H16N2O3. The highest BCUT2D eigenvalue weighted by Crippen LogP contribution is 2.11. The highest BCUT2D eigenvalue weighted by atomic mass is 16.5. The Bertz CT molecular complexity index is 781. The van der Waals surface area contributed by atoms with E-state index in [9.17, 15) is 9.59 Å². The number of nitrogens with one attached hydrogen (secondary N) is 1. The Morgan fingerprint density at radius 1 is 1.43 bits per heavy atom. The molecule has 0 atom stereocenters. The Kier molecular flexibility index (Phi) is 4.75. The van der Waals surface area contributed by atoms with Crippen molar-refractivity contribution in [1.82, 2.24) is 4.98 Å². The van der Waals surface area contributed by atoms with Gasteiger partial charge in [0.05, 0.1) is 6.61 Å². The highest BCUT2D eigenvalue weighted by molar-refractivity contribution is 5.93. The van der Waals surface area contributed by atoms with E-state index in [2.05, 4.69) is 16.8 Å². The number of esters is 1. The molecule has 0 aliphatic carbocycles. The summed E-state index contributed by atoms with van der Waals surface area (Å²) in [6.07, 6.45) is 1.97. The largest absolute Gasteiger partial charge is 0.462 e. The summed E-state index contributed by atoms with van der Waals surface area (Å²) in [5, 5.41) is 0.417. The van der Waals surface area contributed by atoms with Crippen LogP contribution >= 0.6 is 0 Å². The fraction of sp³-hybridized carbons (Fsp3) is 0.250. The number of aromatic nitrogens is 1. The summed E-state index contributed by atoms with van der Waals surface area (Å²) in [6, 6.07) is 5.24. The van der Waals surface area contributed by atoms with E-state index in [0.717, 1.165) is 0 Å². The number of fused-ring (bicyclic) bond motifs is 1. The Morgan fingerprint density at radius 3 is 2.95 bits per heavy atom. The maximum absolute atomic E-state index is 12.3. The number of aromatic amines is 1. The van der Waals surface area contributed by atoms with E-state index >= 15 is 0 Å². The molecule has 1 aromatic carbocycles. The van der Waals surface area contributed by atoms with Crippen molar-refractivity contribution in [3.8, 4) is 11.8 Å². The number of pyridine rings is 1. The van der Waals surface area contributed by atoms with Crippen molar-refractivity contribution in [2.75, 3.05) is 13.2 Å². The minimum Gasteiger partial charge on any atom is -0.462 e. The zero-order valence-corrected chi connectivity index (χ0v) is 11.7. The normalized spacial score (nSPS) is 10.0. The maximum atomic E-state index is 12.3. The first-order valence-corrected chi connectivity index (χ1v) is 6.69. The summed E-state index contributed by atoms with van der Waals surface area (Å²) in [7, 11) is 0. The van der Waals surface area contributed by atoms with Crippen LogP contribution < -0.4 is 11.2 Å². The molecule has 5 heteroatoms. The van der Waals surface area contributed by atoms with Crippen molar-refractivity contribution in [3.63, 3.8) is 0 Å². The Morgan fingerprint density at radius 2 is 2.24 bits per heavy atom. The summed E-state index contributed by atoms with van der Waals surface area (Å²) in [4.78, 5) is 27.0. The SMILES string of the molecule is CCOC(=O)c1c[nH]c2ccc(C#CCCN)cc2c1=O. The first-order valence-electron chi connectivity index (χ1n) is 6.69. The molecule has 0 unspecified atom stereocenters. The molecule has 0 aliphatic heterocycles. The highest BCUT2D eigenvalue weighted by Gasteiger charge is 2.13. The fourth-order valence-corrected chi connectivity index (χ4v) is 1.89. The molecule has 2 rings (SSSR count). The third kappa shape index (κ3) is 3.30. The summed E-state index contributed by atoms with van der Waals surface area (Å²) in [6.45, 7) is 2.41. The van der Waals surface area contributed by atoms with Gasteiger partial charge in [-0.1, -0.05) is 11.8 Å². The van der Waals surface area contributed by atoms with Crippen LogP contribution in [0.5, 0.6) is 0 Å². The predicted octanol–water partition coefficient (Wildman–Crippen LogP) is 1.41. The molecule has 0 aliphatic rings. The molecule has 108 valence electrons. The molecule has 0 fully saturated rings. The average molecular weight is 284 g/mol. The van der Waals surface area contributed by atoms with E-state index in [1.165, 1.54) is 6.20 Å². The minimum atomic E-state index is -0.625. The van der Waals surface area contributed by atoms with Crippen LogP contribution in [0, 0.1) is 11.8 Å². The van der Waals surface area contributed by atoms with E-state index in [1.54, 1.807) is 19.1 Å². The molecule has 0 saturated heterocycles. The zero-order chi connectivity index (χ0) is 15.2. The Balaban J connectivity index is 2.50. The van der Waals surface area contributed by atoms with Crippen LogP contribution in [0.2, 0.25) is 0 Å². The monoisotopic (exact) mass is 284 g/mol. The van der Waals surface area contributed by atoms with Crippen molar-refractivity contribution >= 4 is 16.9 Å². The van der Waals surface area contributed by atoms with Crippen molar-refractivity contribution in [2.24, 2.45) is 5.73 Å². The third-order valence-corrected chi connectivity index (χ3v) is 2.88. The molecule has 0 saturated carbocycles. The number of hydrogen-bond acceptors (Lipinski definition) is 4. The van der Waals surface area contributed by atoms with E-state index in [-0.39, 0.29) is 17.6 Å². The van der Waals surface area contributed by atoms with E-state index in [1.807, 2.05) is 6.07 Å². The van der Waals surface area contributed by atoms with Crippen LogP contribution in [-0.4, -0.2) is 24.1 Å². The van der Waals surface area contributed by atoms with Gasteiger partial charge >= 0.3 is 5.97 Å². The van der Waals surface area contributed by atoms with Crippen LogP contribution in [0.25, 0.3) is 10.9 Å². The Labute approximate surface area is 122 Å². The van der Waals surface area contributed by atoms with Crippen molar-refractivity contribution in [3.05, 3.63) is 45.7 Å². The number of H-pyrrole nitrogens is 1. The summed E-state index contributed by atoms with van der Waals surface area (Å²) < 4.78 is 4.87. The van der Waals surface area contributed by atoms with E-state index in [0.29, 0.717) is 29.4 Å². The number of hydrogen-bond donors (Lipinski definition) is 2. The second-order valence-electron chi connectivity index (χ2n) is 4.35. The van der Waals surface area contributed by atoms with Gasteiger partial charge in [0, 0.05) is 35.6 Å². The molecule has 0 bridgehead atoms. The van der Waals surface area contributed by atoms with Gasteiger partial charge < -0.3 is 15.5 Å². The quantitative estimate of drug-likeness (QED) is 0.659. The molecule has 1 aromatic heterocycles. The van der Waals surface area contributed by atoms with E-state index < -0.39 is 5.97 Å². The van der Waals surface area contributed by atoms with Gasteiger partial charge in [0.25, 0.3) is 0 Å². The lowest BCUT2D eigenvalue weighted by Gasteiger charge is -2.03. The smallest absolute Gasteiger partial charge is 0.343 e. The first kappa shape index (κ1) is 14.8. The lowest BCUT2D eigenvalue weighted by atomic mass is 10.1. The molecule has 21 heavy (non-hydrogen) atoms. The van der Waals surface area contributed by atoms with Crippen LogP contribution in [0.3, 0.4) is 0 Å². The number of ether oxygens (including phenoxy) is 1. The van der Waals surface area contributed by atoms with Gasteiger partial charge in [0.2, 0.25) is 5.43 Å². The zero-order valence-electron chi connectivity index (χ0n) is 11.7. The summed E-state index contributed by atoms with van der Waals surface area (Å²) >= 11 is 0. The third-order valence-electron chi connectivity index (χ3n) is 2.88. The second kappa shape index (κ2) is 6.73. The van der Waals surface area contributed by atoms with Gasteiger partial charge in [-0.25, -0.2) is 4.79 Å². The molecular weight excluding hydrogens is 268 g/mol. The molecule has 2 aromatic rings. The molecule has 0 amide bonds. The molecule has 1 heterocycles. The summed E-state index contributed by atoms with van der Waals surface area (Å²) in [5.74, 6) is 5.23. The number of benzene rings is 1. The minimum absolute atomic E-state index is 0.00332. The van der Waals surface area contributed by atoms with Crippen LogP contribution in [0.15, 0.2) is 29.2 Å². The van der Waals surface area contributed by atoms with Gasteiger partial charge in [0.1, 0.15) is 5.56 Å². The van der Waals surface area contributed by atoms with Gasteiger partial charge in [-0.3, -0.25) is 4.79 Å². The van der Waals surface area contributed by atoms with Crippen molar-refractivity contribution < 1.29 is 9.53 Å². The van der Waals surface area contributed by atoms with Crippen LogP contribution in [-0.2, 0) is 4.74 Å². The molecule has 5 nitrogen and oxygen atoms in total. The number of carbonyl (C=O) groups is 1. The average Bonchev–Trinajstić information content (AvgIpc) is 2.48.